The van der Waals surface area contributed by atoms with Crippen LogP contribution in [0.15, 0.2) is 41.2 Å². The average Bonchev–Trinajstić information content (AvgIpc) is 2.59. The third-order valence-corrected chi connectivity index (χ3v) is 4.49. The first-order valence-corrected chi connectivity index (χ1v) is 8.74. The van der Waals surface area contributed by atoms with Crippen LogP contribution < -0.4 is 10.9 Å². The molecule has 0 atom stereocenters. The van der Waals surface area contributed by atoms with Gasteiger partial charge >= 0.3 is 0 Å². The summed E-state index contributed by atoms with van der Waals surface area (Å²) in [6.07, 6.45) is 0. The maximum atomic E-state index is 12.8. The van der Waals surface area contributed by atoms with Gasteiger partial charge in [0.25, 0.3) is 11.5 Å². The number of carbonyl (C=O) groups is 1. The second kappa shape index (κ2) is 7.12. The lowest BCUT2D eigenvalue weighted by atomic mass is 10.0. The number of H-pyrrole nitrogens is 1. The molecule has 0 aliphatic carbocycles. The van der Waals surface area contributed by atoms with Gasteiger partial charge in [-0.25, -0.2) is 0 Å². The van der Waals surface area contributed by atoms with E-state index in [0.29, 0.717) is 11.1 Å². The van der Waals surface area contributed by atoms with Crippen molar-refractivity contribution in [2.75, 3.05) is 0 Å². The molecule has 0 fully saturated rings. The lowest BCUT2D eigenvalue weighted by Gasteiger charge is -2.12. The van der Waals surface area contributed by atoms with Crippen LogP contribution >= 0.6 is 0 Å². The highest BCUT2D eigenvalue weighted by atomic mass is 16.1. The van der Waals surface area contributed by atoms with Crippen molar-refractivity contribution in [3.05, 3.63) is 74.8 Å². The zero-order valence-corrected chi connectivity index (χ0v) is 15.5. The van der Waals surface area contributed by atoms with Gasteiger partial charge in [0.15, 0.2) is 0 Å². The molecule has 0 aliphatic heterocycles. The molecule has 0 saturated carbocycles. The Balaban J connectivity index is 1.94. The summed E-state index contributed by atoms with van der Waals surface area (Å²) in [5, 5.41) is 3.70. The number of aromatic amines is 1. The lowest BCUT2D eigenvalue weighted by molar-refractivity contribution is 0.0952. The van der Waals surface area contributed by atoms with Gasteiger partial charge in [0.1, 0.15) is 0 Å². The highest BCUT2D eigenvalue weighted by Crippen LogP contribution is 2.22. The molecule has 2 aromatic heterocycles. The molecule has 0 unspecified atom stereocenters. The second-order valence-electron chi connectivity index (χ2n) is 6.89. The minimum atomic E-state index is -0.204. The number of rotatable bonds is 4. The second-order valence-corrected chi connectivity index (χ2v) is 6.89. The summed E-state index contributed by atoms with van der Waals surface area (Å²) < 4.78 is 0. The molecule has 0 spiro atoms. The van der Waals surface area contributed by atoms with Gasteiger partial charge in [-0.15, -0.1) is 0 Å². The number of hydrogen-bond donors (Lipinski definition) is 2. The van der Waals surface area contributed by atoms with E-state index in [1.807, 2.05) is 64.1 Å². The number of para-hydroxylation sites is 1. The van der Waals surface area contributed by atoms with Crippen LogP contribution in [-0.4, -0.2) is 15.9 Å². The number of aromatic nitrogens is 2. The molecule has 134 valence electrons. The van der Waals surface area contributed by atoms with Crippen molar-refractivity contribution < 1.29 is 4.79 Å². The molecule has 26 heavy (non-hydrogen) atoms. The molecule has 2 heterocycles. The van der Waals surface area contributed by atoms with Gasteiger partial charge in [-0.1, -0.05) is 32.0 Å². The Hall–Kier alpha value is -2.95. The highest BCUT2D eigenvalue weighted by molar-refractivity contribution is 6.06. The maximum Gasteiger partial charge on any atom is 0.253 e. The van der Waals surface area contributed by atoms with Crippen molar-refractivity contribution in [1.29, 1.82) is 0 Å². The predicted molar refractivity (Wildman–Crippen MR) is 104 cm³/mol. The van der Waals surface area contributed by atoms with E-state index in [2.05, 4.69) is 15.3 Å². The normalized spacial score (nSPS) is 11.1. The number of benzene rings is 1. The molecule has 0 radical (unpaired) electrons. The monoisotopic (exact) mass is 349 g/mol. The number of fused-ring (bicyclic) bond motifs is 1. The number of aryl methyl sites for hydroxylation is 2. The zero-order chi connectivity index (χ0) is 18.8. The fourth-order valence-corrected chi connectivity index (χ4v) is 3.04. The van der Waals surface area contributed by atoms with Crippen molar-refractivity contribution >= 4 is 16.8 Å². The first-order valence-electron chi connectivity index (χ1n) is 8.74. The smallest absolute Gasteiger partial charge is 0.253 e. The molecule has 2 N–H and O–H groups in total. The molecule has 0 saturated heterocycles. The summed E-state index contributed by atoms with van der Waals surface area (Å²) in [4.78, 5) is 32.4. The number of carbonyl (C=O) groups excluding carboxylic acids is 1. The van der Waals surface area contributed by atoms with Crippen LogP contribution in [0.2, 0.25) is 0 Å². The van der Waals surface area contributed by atoms with E-state index in [-0.39, 0.29) is 23.9 Å². The number of pyridine rings is 2. The standard InChI is InChI=1S/C21H23N3O2/c1-12(2)19-10-16(15-7-5-6-8-18(15)24-19)20(25)22-11-17-13(3)9-14(4)23-21(17)26/h5-10,12H,11H2,1-4H3,(H,22,25)(H,23,26). The van der Waals surface area contributed by atoms with Crippen LogP contribution in [0.1, 0.15) is 52.6 Å². The Morgan fingerprint density at radius 3 is 2.62 bits per heavy atom. The quantitative estimate of drug-likeness (QED) is 0.756. The van der Waals surface area contributed by atoms with E-state index >= 15 is 0 Å². The summed E-state index contributed by atoms with van der Waals surface area (Å²) >= 11 is 0. The van der Waals surface area contributed by atoms with Crippen LogP contribution in [0, 0.1) is 13.8 Å². The van der Waals surface area contributed by atoms with Crippen molar-refractivity contribution in [1.82, 2.24) is 15.3 Å². The summed E-state index contributed by atoms with van der Waals surface area (Å²) in [5.41, 5.74) is 4.35. The largest absolute Gasteiger partial charge is 0.348 e. The van der Waals surface area contributed by atoms with Crippen LogP contribution in [0.4, 0.5) is 0 Å². The molecule has 0 aliphatic rings. The third kappa shape index (κ3) is 3.52. The highest BCUT2D eigenvalue weighted by Gasteiger charge is 2.15. The Morgan fingerprint density at radius 1 is 1.19 bits per heavy atom. The SMILES string of the molecule is Cc1cc(C)c(CNC(=O)c2cc(C(C)C)nc3ccccc23)c(=O)[nH]1. The number of nitrogens with one attached hydrogen (secondary N) is 2. The Labute approximate surface area is 152 Å². The first kappa shape index (κ1) is 17.9. The maximum absolute atomic E-state index is 12.8. The van der Waals surface area contributed by atoms with Crippen LogP contribution in [-0.2, 0) is 6.54 Å². The molecular weight excluding hydrogens is 326 g/mol. The molecule has 1 aromatic carbocycles. The van der Waals surface area contributed by atoms with Gasteiger partial charge in [0, 0.05) is 28.9 Å². The van der Waals surface area contributed by atoms with E-state index in [1.54, 1.807) is 0 Å². The van der Waals surface area contributed by atoms with Crippen LogP contribution in [0.25, 0.3) is 10.9 Å². The van der Waals surface area contributed by atoms with Gasteiger partial charge in [-0.3, -0.25) is 14.6 Å². The van der Waals surface area contributed by atoms with Crippen LogP contribution in [0.5, 0.6) is 0 Å². The molecule has 3 aromatic rings. The van der Waals surface area contributed by atoms with E-state index in [0.717, 1.165) is 27.9 Å². The summed E-state index contributed by atoms with van der Waals surface area (Å²) in [5.74, 6) is 0.0122. The van der Waals surface area contributed by atoms with Crippen molar-refractivity contribution in [2.24, 2.45) is 0 Å². The molecule has 5 heteroatoms. The Bertz CT molecular complexity index is 1040. The van der Waals surface area contributed by atoms with E-state index in [1.165, 1.54) is 0 Å². The fraction of sp³-hybridized carbons (Fsp3) is 0.286. The third-order valence-electron chi connectivity index (χ3n) is 4.49. The van der Waals surface area contributed by atoms with Gasteiger partial charge in [0.05, 0.1) is 11.1 Å². The Kier molecular flexibility index (Phi) is 4.89. The Morgan fingerprint density at radius 2 is 1.92 bits per heavy atom. The summed E-state index contributed by atoms with van der Waals surface area (Å²) in [6, 6.07) is 11.4. The summed E-state index contributed by atoms with van der Waals surface area (Å²) in [6.45, 7) is 8.01. The topological polar surface area (TPSA) is 74.8 Å². The van der Waals surface area contributed by atoms with Crippen molar-refractivity contribution in [2.45, 2.75) is 40.2 Å². The molecule has 1 amide bonds. The number of amides is 1. The zero-order valence-electron chi connectivity index (χ0n) is 15.5. The van der Waals surface area contributed by atoms with Crippen molar-refractivity contribution in [3.8, 4) is 0 Å². The van der Waals surface area contributed by atoms with E-state index in [4.69, 9.17) is 0 Å². The average molecular weight is 349 g/mol. The fourth-order valence-electron chi connectivity index (χ4n) is 3.04. The molecular formula is C21H23N3O2. The molecule has 3 rings (SSSR count). The lowest BCUT2D eigenvalue weighted by Crippen LogP contribution is -2.28. The minimum absolute atomic E-state index is 0.162. The number of hydrogen-bond acceptors (Lipinski definition) is 3. The van der Waals surface area contributed by atoms with E-state index < -0.39 is 0 Å². The minimum Gasteiger partial charge on any atom is -0.348 e. The molecule has 5 nitrogen and oxygen atoms in total. The number of nitrogens with zero attached hydrogens (tertiary/aromatic N) is 1. The predicted octanol–water partition coefficient (Wildman–Crippen LogP) is 3.59. The van der Waals surface area contributed by atoms with Gasteiger partial charge in [-0.05, 0) is 43.5 Å². The first-order chi connectivity index (χ1) is 12.4. The summed E-state index contributed by atoms with van der Waals surface area (Å²) in [7, 11) is 0. The van der Waals surface area contributed by atoms with Crippen molar-refractivity contribution in [3.63, 3.8) is 0 Å². The van der Waals surface area contributed by atoms with Crippen LogP contribution in [0.3, 0.4) is 0 Å². The van der Waals surface area contributed by atoms with Gasteiger partial charge in [0.2, 0.25) is 0 Å². The molecule has 0 bridgehead atoms. The van der Waals surface area contributed by atoms with Gasteiger partial charge in [-0.2, -0.15) is 0 Å². The van der Waals surface area contributed by atoms with E-state index in [9.17, 15) is 9.59 Å². The van der Waals surface area contributed by atoms with Gasteiger partial charge < -0.3 is 10.3 Å².